The van der Waals surface area contributed by atoms with E-state index in [-0.39, 0.29) is 0 Å². The molecule has 0 amide bonds. The highest BCUT2D eigenvalue weighted by Gasteiger charge is 2.23. The molecule has 1 saturated heterocycles. The number of rotatable bonds is 4. The van der Waals surface area contributed by atoms with Gasteiger partial charge in [0.15, 0.2) is 0 Å². The number of nitrogens with zero attached hydrogens (tertiary/aromatic N) is 1. The molecule has 0 spiro atoms. The number of aliphatic hydroxyl groups is 1. The lowest BCUT2D eigenvalue weighted by Gasteiger charge is -2.21. The summed E-state index contributed by atoms with van der Waals surface area (Å²) in [6, 6.07) is 6.08. The van der Waals surface area contributed by atoms with Gasteiger partial charge in [0.05, 0.1) is 18.4 Å². The minimum Gasteiger partial charge on any atom is -0.389 e. The molecule has 1 aromatic carbocycles. The topological polar surface area (TPSA) is 32.7 Å². The maximum absolute atomic E-state index is 9.57. The van der Waals surface area contributed by atoms with Crippen molar-refractivity contribution in [1.29, 1.82) is 0 Å². The van der Waals surface area contributed by atoms with Gasteiger partial charge in [0, 0.05) is 30.6 Å². The number of aliphatic hydroxyl groups excluding tert-OH is 1. The van der Waals surface area contributed by atoms with Crippen LogP contribution in [-0.4, -0.2) is 31.9 Å². The third-order valence-electron chi connectivity index (χ3n) is 3.48. The molecule has 2 rings (SSSR count). The summed E-state index contributed by atoms with van der Waals surface area (Å²) in [6.45, 7) is 4.73. The van der Waals surface area contributed by atoms with Crippen LogP contribution in [0.4, 0.5) is 5.69 Å². The molecule has 4 heteroatoms. The van der Waals surface area contributed by atoms with E-state index in [2.05, 4.69) is 26.9 Å². The van der Waals surface area contributed by atoms with E-state index in [0.29, 0.717) is 5.92 Å². The molecule has 0 aliphatic carbocycles. The highest BCUT2D eigenvalue weighted by Crippen LogP contribution is 2.32. The zero-order valence-electron chi connectivity index (χ0n) is 10.9. The quantitative estimate of drug-likeness (QED) is 0.927. The first-order valence-corrected chi connectivity index (χ1v) is 7.12. The molecular formula is C14H20BrNO2. The summed E-state index contributed by atoms with van der Waals surface area (Å²) in [5.74, 6) is 0.623. The maximum Gasteiger partial charge on any atom is 0.0762 e. The molecule has 100 valence electrons. The van der Waals surface area contributed by atoms with Gasteiger partial charge < -0.3 is 14.7 Å². The average Bonchev–Trinajstić information content (AvgIpc) is 2.77. The van der Waals surface area contributed by atoms with Crippen LogP contribution in [0.3, 0.4) is 0 Å². The highest BCUT2D eigenvalue weighted by atomic mass is 79.9. The zero-order chi connectivity index (χ0) is 13.1. The molecule has 1 aliphatic heterocycles. The Morgan fingerprint density at radius 1 is 1.56 bits per heavy atom. The molecule has 0 saturated carbocycles. The predicted molar refractivity (Wildman–Crippen MR) is 77.0 cm³/mol. The van der Waals surface area contributed by atoms with Crippen molar-refractivity contribution in [3.05, 3.63) is 28.2 Å². The van der Waals surface area contributed by atoms with E-state index < -0.39 is 6.10 Å². The van der Waals surface area contributed by atoms with Crippen LogP contribution in [-0.2, 0) is 4.74 Å². The van der Waals surface area contributed by atoms with E-state index in [1.165, 1.54) is 12.1 Å². The molecule has 0 aromatic heterocycles. The number of anilines is 1. The van der Waals surface area contributed by atoms with Crippen molar-refractivity contribution in [2.75, 3.05) is 31.7 Å². The SMILES string of the molecule is COCC1CCN(c2ccc(C(C)O)cc2Br)C1. The number of halogens is 1. The van der Waals surface area contributed by atoms with Gasteiger partial charge >= 0.3 is 0 Å². The van der Waals surface area contributed by atoms with Crippen molar-refractivity contribution in [3.63, 3.8) is 0 Å². The van der Waals surface area contributed by atoms with E-state index in [0.717, 1.165) is 29.7 Å². The maximum atomic E-state index is 9.57. The Labute approximate surface area is 117 Å². The number of hydrogen-bond acceptors (Lipinski definition) is 3. The van der Waals surface area contributed by atoms with Gasteiger partial charge in [-0.15, -0.1) is 0 Å². The second-order valence-corrected chi connectivity index (χ2v) is 5.80. The van der Waals surface area contributed by atoms with Crippen molar-refractivity contribution in [2.45, 2.75) is 19.4 Å². The minimum atomic E-state index is -0.421. The fourth-order valence-corrected chi connectivity index (χ4v) is 3.11. The van der Waals surface area contributed by atoms with Crippen molar-refractivity contribution in [1.82, 2.24) is 0 Å². The Kier molecular flexibility index (Phi) is 4.65. The van der Waals surface area contributed by atoms with E-state index in [4.69, 9.17) is 4.74 Å². The standard InChI is InChI=1S/C14H20BrNO2/c1-10(17)12-3-4-14(13(15)7-12)16-6-5-11(8-16)9-18-2/h3-4,7,10-11,17H,5-6,8-9H2,1-2H3. The van der Waals surface area contributed by atoms with E-state index in [9.17, 15) is 5.11 Å². The summed E-state index contributed by atoms with van der Waals surface area (Å²) in [5, 5.41) is 9.57. The van der Waals surface area contributed by atoms with Crippen LogP contribution in [0.1, 0.15) is 25.0 Å². The normalized spacial score (nSPS) is 21.3. The molecule has 1 fully saturated rings. The van der Waals surface area contributed by atoms with Crippen LogP contribution in [0.25, 0.3) is 0 Å². The molecule has 1 N–H and O–H groups in total. The van der Waals surface area contributed by atoms with Crippen LogP contribution >= 0.6 is 15.9 Å². The van der Waals surface area contributed by atoms with Gasteiger partial charge in [-0.2, -0.15) is 0 Å². The molecule has 0 radical (unpaired) electrons. The Hall–Kier alpha value is -0.580. The average molecular weight is 314 g/mol. The number of methoxy groups -OCH3 is 1. The van der Waals surface area contributed by atoms with Crippen molar-refractivity contribution >= 4 is 21.6 Å². The molecule has 3 nitrogen and oxygen atoms in total. The Balaban J connectivity index is 2.10. The largest absolute Gasteiger partial charge is 0.389 e. The molecule has 1 heterocycles. The first-order chi connectivity index (χ1) is 8.61. The summed E-state index contributed by atoms with van der Waals surface area (Å²) >= 11 is 3.60. The van der Waals surface area contributed by atoms with Gasteiger partial charge in [-0.25, -0.2) is 0 Å². The second kappa shape index (κ2) is 6.04. The Morgan fingerprint density at radius 3 is 2.94 bits per heavy atom. The van der Waals surface area contributed by atoms with Crippen LogP contribution in [0.5, 0.6) is 0 Å². The number of hydrogen-bond donors (Lipinski definition) is 1. The van der Waals surface area contributed by atoms with Crippen LogP contribution in [0.15, 0.2) is 22.7 Å². The lowest BCUT2D eigenvalue weighted by atomic mass is 10.1. The Morgan fingerprint density at radius 2 is 2.33 bits per heavy atom. The van der Waals surface area contributed by atoms with Crippen molar-refractivity contribution in [3.8, 4) is 0 Å². The highest BCUT2D eigenvalue weighted by molar-refractivity contribution is 9.10. The number of benzene rings is 1. The molecule has 0 bridgehead atoms. The van der Waals surface area contributed by atoms with Crippen LogP contribution in [0, 0.1) is 5.92 Å². The van der Waals surface area contributed by atoms with Gasteiger partial charge in [0.2, 0.25) is 0 Å². The second-order valence-electron chi connectivity index (χ2n) is 4.94. The summed E-state index contributed by atoms with van der Waals surface area (Å²) in [6.07, 6.45) is 0.758. The Bertz CT molecular complexity index is 409. The molecule has 1 aliphatic rings. The first-order valence-electron chi connectivity index (χ1n) is 6.33. The van der Waals surface area contributed by atoms with Gasteiger partial charge in [-0.1, -0.05) is 6.07 Å². The molecular weight excluding hydrogens is 294 g/mol. The smallest absolute Gasteiger partial charge is 0.0762 e. The summed E-state index contributed by atoms with van der Waals surface area (Å²) in [5.41, 5.74) is 2.15. The molecule has 18 heavy (non-hydrogen) atoms. The monoisotopic (exact) mass is 313 g/mol. The predicted octanol–water partition coefficient (Wildman–Crippen LogP) is 2.98. The van der Waals surface area contributed by atoms with Crippen molar-refractivity contribution < 1.29 is 9.84 Å². The third kappa shape index (κ3) is 3.05. The first kappa shape index (κ1) is 13.8. The van der Waals surface area contributed by atoms with Crippen molar-refractivity contribution in [2.24, 2.45) is 5.92 Å². The summed E-state index contributed by atoms with van der Waals surface area (Å²) in [7, 11) is 1.76. The lowest BCUT2D eigenvalue weighted by molar-refractivity contribution is 0.161. The number of ether oxygens (including phenoxy) is 1. The van der Waals surface area contributed by atoms with Crippen LogP contribution < -0.4 is 4.90 Å². The minimum absolute atomic E-state index is 0.421. The zero-order valence-corrected chi connectivity index (χ0v) is 12.5. The van der Waals surface area contributed by atoms with E-state index >= 15 is 0 Å². The molecule has 1 aromatic rings. The van der Waals surface area contributed by atoms with Crippen LogP contribution in [0.2, 0.25) is 0 Å². The van der Waals surface area contributed by atoms with Gasteiger partial charge in [-0.3, -0.25) is 0 Å². The van der Waals surface area contributed by atoms with E-state index in [1.54, 1.807) is 14.0 Å². The fourth-order valence-electron chi connectivity index (χ4n) is 2.46. The molecule has 2 atom stereocenters. The third-order valence-corrected chi connectivity index (χ3v) is 4.12. The van der Waals surface area contributed by atoms with Gasteiger partial charge in [0.1, 0.15) is 0 Å². The fraction of sp³-hybridized carbons (Fsp3) is 0.571. The van der Waals surface area contributed by atoms with E-state index in [1.807, 2.05) is 12.1 Å². The van der Waals surface area contributed by atoms with Gasteiger partial charge in [-0.05, 0) is 47.0 Å². The lowest BCUT2D eigenvalue weighted by Crippen LogP contribution is -2.21. The van der Waals surface area contributed by atoms with Gasteiger partial charge in [0.25, 0.3) is 0 Å². The summed E-state index contributed by atoms with van der Waals surface area (Å²) in [4.78, 5) is 2.37. The summed E-state index contributed by atoms with van der Waals surface area (Å²) < 4.78 is 6.27. The molecule has 2 unspecified atom stereocenters.